The molecule has 16 heavy (non-hydrogen) atoms. The monoisotopic (exact) mass is 234 g/mol. The van der Waals surface area contributed by atoms with E-state index in [0.29, 0.717) is 10.8 Å². The lowest BCUT2D eigenvalue weighted by atomic mass is 10.1. The molecule has 1 N–H and O–H groups in total. The highest BCUT2D eigenvalue weighted by molar-refractivity contribution is 6.29. The summed E-state index contributed by atoms with van der Waals surface area (Å²) < 4.78 is 5.40. The molecule has 2 rings (SSSR count). The Balaban J connectivity index is 2.31. The molecule has 0 aromatic heterocycles. The first kappa shape index (κ1) is 10.8. The maximum atomic E-state index is 9.36. The quantitative estimate of drug-likeness (QED) is 0.878. The smallest absolute Gasteiger partial charge is 0.123 e. The number of fused-ring (bicyclic) bond motifs is 1. The standard InChI is InChI=1S/C13H11ClO2/c1-9(14)8-16-13-5-3-10-2-4-12(15)6-11(10)7-13/h2-7,15H,1,8H2. The Morgan fingerprint density at radius 3 is 2.69 bits per heavy atom. The second-order valence-electron chi connectivity index (χ2n) is 3.50. The first-order valence-electron chi connectivity index (χ1n) is 4.84. The number of halogens is 1. The lowest BCUT2D eigenvalue weighted by Crippen LogP contribution is -1.95. The number of ether oxygens (including phenoxy) is 1. The SMILES string of the molecule is C=C(Cl)COc1ccc2ccc(O)cc2c1. The minimum absolute atomic E-state index is 0.242. The summed E-state index contributed by atoms with van der Waals surface area (Å²) in [5.41, 5.74) is 0. The summed E-state index contributed by atoms with van der Waals surface area (Å²) in [5.74, 6) is 0.950. The van der Waals surface area contributed by atoms with Crippen LogP contribution < -0.4 is 4.74 Å². The molecular weight excluding hydrogens is 224 g/mol. The highest BCUT2D eigenvalue weighted by Gasteiger charge is 1.99. The Hall–Kier alpha value is -1.67. The lowest BCUT2D eigenvalue weighted by Gasteiger charge is -2.06. The predicted octanol–water partition coefficient (Wildman–Crippen LogP) is 3.68. The molecule has 3 heteroatoms. The van der Waals surface area contributed by atoms with Gasteiger partial charge in [-0.1, -0.05) is 30.3 Å². The van der Waals surface area contributed by atoms with E-state index >= 15 is 0 Å². The van der Waals surface area contributed by atoms with Crippen molar-refractivity contribution >= 4 is 22.4 Å². The van der Waals surface area contributed by atoms with Crippen molar-refractivity contribution in [3.8, 4) is 11.5 Å². The molecular formula is C13H11ClO2. The number of benzene rings is 2. The van der Waals surface area contributed by atoms with Crippen LogP contribution in [0.4, 0.5) is 0 Å². The summed E-state index contributed by atoms with van der Waals surface area (Å²) in [4.78, 5) is 0. The second kappa shape index (κ2) is 4.45. The summed E-state index contributed by atoms with van der Waals surface area (Å²) in [6, 6.07) is 10.9. The van der Waals surface area contributed by atoms with Crippen LogP contribution in [0, 0.1) is 0 Å². The Labute approximate surface area is 98.7 Å². The summed E-state index contributed by atoms with van der Waals surface area (Å²) in [7, 11) is 0. The summed E-state index contributed by atoms with van der Waals surface area (Å²) in [5, 5.41) is 11.8. The van der Waals surface area contributed by atoms with Gasteiger partial charge in [-0.05, 0) is 35.0 Å². The van der Waals surface area contributed by atoms with Crippen LogP contribution in [0.1, 0.15) is 0 Å². The predicted molar refractivity (Wildman–Crippen MR) is 66.1 cm³/mol. The van der Waals surface area contributed by atoms with Crippen molar-refractivity contribution in [1.29, 1.82) is 0 Å². The molecule has 0 aliphatic rings. The highest BCUT2D eigenvalue weighted by Crippen LogP contribution is 2.24. The normalized spacial score (nSPS) is 10.3. The van der Waals surface area contributed by atoms with E-state index in [1.165, 1.54) is 0 Å². The van der Waals surface area contributed by atoms with Gasteiger partial charge in [0.25, 0.3) is 0 Å². The van der Waals surface area contributed by atoms with Crippen molar-refractivity contribution in [3.63, 3.8) is 0 Å². The van der Waals surface area contributed by atoms with E-state index in [0.717, 1.165) is 10.8 Å². The van der Waals surface area contributed by atoms with Crippen LogP contribution in [0.2, 0.25) is 0 Å². The fourth-order valence-electron chi connectivity index (χ4n) is 1.46. The van der Waals surface area contributed by atoms with Gasteiger partial charge in [-0.25, -0.2) is 0 Å². The van der Waals surface area contributed by atoms with Gasteiger partial charge in [0.15, 0.2) is 0 Å². The number of hydrogen-bond donors (Lipinski definition) is 1. The van der Waals surface area contributed by atoms with Gasteiger partial charge < -0.3 is 9.84 Å². The van der Waals surface area contributed by atoms with Gasteiger partial charge in [-0.15, -0.1) is 0 Å². The zero-order valence-electron chi connectivity index (χ0n) is 8.61. The van der Waals surface area contributed by atoms with Crippen LogP contribution in [-0.2, 0) is 0 Å². The number of phenols is 1. The largest absolute Gasteiger partial charge is 0.508 e. The van der Waals surface area contributed by atoms with Gasteiger partial charge in [0, 0.05) is 5.03 Å². The molecule has 2 aromatic carbocycles. The molecule has 0 fully saturated rings. The van der Waals surface area contributed by atoms with Crippen LogP contribution in [0.3, 0.4) is 0 Å². The minimum atomic E-state index is 0.242. The van der Waals surface area contributed by atoms with E-state index in [-0.39, 0.29) is 12.4 Å². The van der Waals surface area contributed by atoms with Crippen LogP contribution in [0.25, 0.3) is 10.8 Å². The molecule has 2 aromatic rings. The average Bonchev–Trinajstić information content (AvgIpc) is 2.25. The van der Waals surface area contributed by atoms with Gasteiger partial charge >= 0.3 is 0 Å². The van der Waals surface area contributed by atoms with Gasteiger partial charge in [-0.2, -0.15) is 0 Å². The van der Waals surface area contributed by atoms with Crippen molar-refractivity contribution in [2.45, 2.75) is 0 Å². The first-order chi connectivity index (χ1) is 7.65. The van der Waals surface area contributed by atoms with Crippen molar-refractivity contribution in [3.05, 3.63) is 48.0 Å². The number of phenolic OH excluding ortho intramolecular Hbond substituents is 1. The number of aromatic hydroxyl groups is 1. The minimum Gasteiger partial charge on any atom is -0.508 e. The van der Waals surface area contributed by atoms with Crippen molar-refractivity contribution < 1.29 is 9.84 Å². The molecule has 0 aliphatic heterocycles. The third kappa shape index (κ3) is 2.47. The zero-order chi connectivity index (χ0) is 11.5. The van der Waals surface area contributed by atoms with Crippen LogP contribution in [0.15, 0.2) is 48.0 Å². The molecule has 82 valence electrons. The first-order valence-corrected chi connectivity index (χ1v) is 5.22. The van der Waals surface area contributed by atoms with Gasteiger partial charge in [0.05, 0.1) is 0 Å². The van der Waals surface area contributed by atoms with Crippen molar-refractivity contribution in [2.24, 2.45) is 0 Å². The van der Waals surface area contributed by atoms with Crippen molar-refractivity contribution in [1.82, 2.24) is 0 Å². The topological polar surface area (TPSA) is 29.5 Å². The molecule has 0 spiro atoms. The highest BCUT2D eigenvalue weighted by atomic mass is 35.5. The molecule has 0 radical (unpaired) electrons. The molecule has 0 unspecified atom stereocenters. The maximum absolute atomic E-state index is 9.36. The Morgan fingerprint density at radius 1 is 1.19 bits per heavy atom. The van der Waals surface area contributed by atoms with Crippen LogP contribution >= 0.6 is 11.6 Å². The summed E-state index contributed by atoms with van der Waals surface area (Å²) in [6.07, 6.45) is 0. The van der Waals surface area contributed by atoms with E-state index in [1.807, 2.05) is 24.3 Å². The Morgan fingerprint density at radius 2 is 1.94 bits per heavy atom. The van der Waals surface area contributed by atoms with Crippen LogP contribution in [0.5, 0.6) is 11.5 Å². The van der Waals surface area contributed by atoms with Gasteiger partial charge in [-0.3, -0.25) is 0 Å². The molecule has 0 bridgehead atoms. The Bertz CT molecular complexity index is 534. The van der Waals surface area contributed by atoms with Gasteiger partial charge in [0.2, 0.25) is 0 Å². The van der Waals surface area contributed by atoms with Crippen molar-refractivity contribution in [2.75, 3.05) is 6.61 Å². The fraction of sp³-hybridized carbons (Fsp3) is 0.0769. The zero-order valence-corrected chi connectivity index (χ0v) is 9.37. The maximum Gasteiger partial charge on any atom is 0.123 e. The van der Waals surface area contributed by atoms with E-state index in [2.05, 4.69) is 6.58 Å². The summed E-state index contributed by atoms with van der Waals surface area (Å²) >= 11 is 5.61. The third-order valence-corrected chi connectivity index (χ3v) is 2.30. The molecule has 0 aliphatic carbocycles. The number of hydrogen-bond acceptors (Lipinski definition) is 2. The van der Waals surface area contributed by atoms with Crippen LogP contribution in [-0.4, -0.2) is 11.7 Å². The molecule has 0 saturated heterocycles. The molecule has 0 saturated carbocycles. The van der Waals surface area contributed by atoms with E-state index in [9.17, 15) is 5.11 Å². The molecule has 2 nitrogen and oxygen atoms in total. The third-order valence-electron chi connectivity index (χ3n) is 2.19. The van der Waals surface area contributed by atoms with Gasteiger partial charge in [0.1, 0.15) is 18.1 Å². The second-order valence-corrected chi connectivity index (χ2v) is 4.03. The number of rotatable bonds is 3. The van der Waals surface area contributed by atoms with E-state index < -0.39 is 0 Å². The molecule has 0 heterocycles. The molecule has 0 amide bonds. The van der Waals surface area contributed by atoms with E-state index in [4.69, 9.17) is 16.3 Å². The lowest BCUT2D eigenvalue weighted by molar-refractivity contribution is 0.360. The average molecular weight is 235 g/mol. The Kier molecular flexibility index (Phi) is 3.02. The summed E-state index contributed by atoms with van der Waals surface area (Å²) in [6.45, 7) is 3.83. The fourth-order valence-corrected chi connectivity index (χ4v) is 1.52. The molecule has 0 atom stereocenters. The van der Waals surface area contributed by atoms with E-state index in [1.54, 1.807) is 12.1 Å².